The highest BCUT2D eigenvalue weighted by Crippen LogP contribution is 2.19. The second-order valence-corrected chi connectivity index (χ2v) is 4.54. The molecule has 4 heteroatoms. The van der Waals surface area contributed by atoms with Crippen LogP contribution in [0.3, 0.4) is 0 Å². The van der Waals surface area contributed by atoms with Crippen LogP contribution < -0.4 is 5.32 Å². The molecule has 17 heavy (non-hydrogen) atoms. The van der Waals surface area contributed by atoms with Crippen LogP contribution in [0.1, 0.15) is 47.6 Å². The average molecular weight is 237 g/mol. The van der Waals surface area contributed by atoms with Gasteiger partial charge in [-0.05, 0) is 25.8 Å². The number of hydrogen-bond acceptors (Lipinski definition) is 4. The zero-order valence-corrected chi connectivity index (χ0v) is 10.4. The minimum atomic E-state index is -0.335. The summed E-state index contributed by atoms with van der Waals surface area (Å²) in [7, 11) is 1.38. The molecule has 0 atom stereocenters. The Morgan fingerprint density at radius 2 is 2.24 bits per heavy atom. The molecule has 0 unspecified atom stereocenters. The quantitative estimate of drug-likeness (QED) is 0.817. The van der Waals surface area contributed by atoms with Gasteiger partial charge in [0.2, 0.25) is 0 Å². The Hall–Kier alpha value is -1.29. The lowest BCUT2D eigenvalue weighted by atomic mass is 10.2. The largest absolute Gasteiger partial charge is 0.465 e. The van der Waals surface area contributed by atoms with Gasteiger partial charge in [-0.25, -0.2) is 4.79 Å². The number of methoxy groups -OCH3 is 1. The number of hydrogen-bond donors (Lipinski definition) is 1. The molecule has 0 amide bonds. The van der Waals surface area contributed by atoms with E-state index >= 15 is 0 Å². The van der Waals surface area contributed by atoms with Crippen molar-refractivity contribution in [2.75, 3.05) is 7.11 Å². The van der Waals surface area contributed by atoms with Gasteiger partial charge in [-0.1, -0.05) is 12.8 Å². The number of aryl methyl sites for hydroxylation is 1. The van der Waals surface area contributed by atoms with E-state index in [2.05, 4.69) is 10.1 Å². The lowest BCUT2D eigenvalue weighted by Gasteiger charge is -2.09. The molecule has 0 bridgehead atoms. The zero-order chi connectivity index (χ0) is 12.3. The van der Waals surface area contributed by atoms with Gasteiger partial charge in [0.05, 0.1) is 13.7 Å². The van der Waals surface area contributed by atoms with Gasteiger partial charge in [0, 0.05) is 6.04 Å². The maximum atomic E-state index is 11.4. The summed E-state index contributed by atoms with van der Waals surface area (Å²) < 4.78 is 10.2. The van der Waals surface area contributed by atoms with E-state index in [1.165, 1.54) is 32.8 Å². The topological polar surface area (TPSA) is 51.5 Å². The molecule has 0 aliphatic heterocycles. The summed E-state index contributed by atoms with van der Waals surface area (Å²) in [5.74, 6) is 1.09. The third-order valence-electron chi connectivity index (χ3n) is 3.29. The number of esters is 1. The lowest BCUT2D eigenvalue weighted by molar-refractivity contribution is 0.0599. The minimum Gasteiger partial charge on any atom is -0.465 e. The standard InChI is InChI=1S/C13H19NO3/c1-9-12(13(15)16-2)7-11(17-9)8-14-10-5-3-4-6-10/h7,10,14H,3-6,8H2,1-2H3. The lowest BCUT2D eigenvalue weighted by Crippen LogP contribution is -2.24. The molecule has 1 aromatic heterocycles. The molecular formula is C13H19NO3. The third-order valence-corrected chi connectivity index (χ3v) is 3.29. The fourth-order valence-corrected chi connectivity index (χ4v) is 2.32. The molecule has 1 heterocycles. The second-order valence-electron chi connectivity index (χ2n) is 4.54. The Labute approximate surface area is 101 Å². The molecule has 4 nitrogen and oxygen atoms in total. The highest BCUT2D eigenvalue weighted by atomic mass is 16.5. The predicted octanol–water partition coefficient (Wildman–Crippen LogP) is 2.41. The van der Waals surface area contributed by atoms with Crippen LogP contribution in [-0.2, 0) is 11.3 Å². The van der Waals surface area contributed by atoms with Gasteiger partial charge in [0.25, 0.3) is 0 Å². The summed E-state index contributed by atoms with van der Waals surface area (Å²) in [6.07, 6.45) is 5.09. The fraction of sp³-hybridized carbons (Fsp3) is 0.615. The number of carbonyl (C=O) groups is 1. The molecule has 2 rings (SSSR count). The summed E-state index contributed by atoms with van der Waals surface area (Å²) in [5.41, 5.74) is 0.524. The Morgan fingerprint density at radius 1 is 1.53 bits per heavy atom. The zero-order valence-electron chi connectivity index (χ0n) is 10.4. The van der Waals surface area contributed by atoms with Gasteiger partial charge in [0.1, 0.15) is 17.1 Å². The Morgan fingerprint density at radius 3 is 2.88 bits per heavy atom. The monoisotopic (exact) mass is 237 g/mol. The van der Waals surface area contributed by atoms with E-state index in [4.69, 9.17) is 4.42 Å². The van der Waals surface area contributed by atoms with E-state index in [0.717, 1.165) is 5.76 Å². The molecule has 94 valence electrons. The molecule has 1 saturated carbocycles. The number of carbonyl (C=O) groups excluding carboxylic acids is 1. The molecule has 0 aromatic carbocycles. The molecule has 1 N–H and O–H groups in total. The van der Waals surface area contributed by atoms with Crippen molar-refractivity contribution in [3.05, 3.63) is 23.2 Å². The van der Waals surface area contributed by atoms with Crippen LogP contribution in [0, 0.1) is 6.92 Å². The van der Waals surface area contributed by atoms with Crippen molar-refractivity contribution < 1.29 is 13.9 Å². The van der Waals surface area contributed by atoms with Crippen LogP contribution in [0.5, 0.6) is 0 Å². The first kappa shape index (κ1) is 12.2. The number of furan rings is 1. The van der Waals surface area contributed by atoms with Crippen molar-refractivity contribution in [3.63, 3.8) is 0 Å². The molecule has 1 aliphatic rings. The Balaban J connectivity index is 1.94. The van der Waals surface area contributed by atoms with Crippen LogP contribution in [0.25, 0.3) is 0 Å². The first-order chi connectivity index (χ1) is 8.20. The van der Waals surface area contributed by atoms with E-state index in [0.29, 0.717) is 23.9 Å². The summed E-state index contributed by atoms with van der Waals surface area (Å²) in [5, 5.41) is 3.45. The van der Waals surface area contributed by atoms with Crippen molar-refractivity contribution in [1.29, 1.82) is 0 Å². The van der Waals surface area contributed by atoms with Gasteiger partial charge in [-0.3, -0.25) is 0 Å². The van der Waals surface area contributed by atoms with E-state index in [1.807, 2.05) is 0 Å². The molecule has 1 fully saturated rings. The maximum absolute atomic E-state index is 11.4. The molecule has 1 aliphatic carbocycles. The van der Waals surface area contributed by atoms with Crippen LogP contribution >= 0.6 is 0 Å². The molecule has 0 saturated heterocycles. The van der Waals surface area contributed by atoms with Crippen LogP contribution in [0.2, 0.25) is 0 Å². The minimum absolute atomic E-state index is 0.335. The van der Waals surface area contributed by atoms with E-state index in [9.17, 15) is 4.79 Å². The first-order valence-electron chi connectivity index (χ1n) is 6.11. The van der Waals surface area contributed by atoms with Crippen molar-refractivity contribution in [2.45, 2.75) is 45.2 Å². The summed E-state index contributed by atoms with van der Waals surface area (Å²) in [4.78, 5) is 11.4. The van der Waals surface area contributed by atoms with Gasteiger partial charge in [-0.15, -0.1) is 0 Å². The predicted molar refractivity (Wildman–Crippen MR) is 63.9 cm³/mol. The van der Waals surface area contributed by atoms with Crippen LogP contribution in [-0.4, -0.2) is 19.1 Å². The third kappa shape index (κ3) is 2.88. The van der Waals surface area contributed by atoms with Gasteiger partial charge < -0.3 is 14.5 Å². The molecule has 1 aromatic rings. The smallest absolute Gasteiger partial charge is 0.341 e. The second kappa shape index (κ2) is 5.36. The Kier molecular flexibility index (Phi) is 3.84. The van der Waals surface area contributed by atoms with Gasteiger partial charge in [-0.2, -0.15) is 0 Å². The maximum Gasteiger partial charge on any atom is 0.341 e. The highest BCUT2D eigenvalue weighted by Gasteiger charge is 2.17. The molecular weight excluding hydrogens is 218 g/mol. The van der Waals surface area contributed by atoms with Crippen molar-refractivity contribution in [2.24, 2.45) is 0 Å². The van der Waals surface area contributed by atoms with E-state index in [1.54, 1.807) is 13.0 Å². The van der Waals surface area contributed by atoms with Crippen molar-refractivity contribution >= 4 is 5.97 Å². The molecule has 0 spiro atoms. The molecule has 0 radical (unpaired) electrons. The summed E-state index contributed by atoms with van der Waals surface area (Å²) in [6, 6.07) is 2.37. The van der Waals surface area contributed by atoms with E-state index < -0.39 is 0 Å². The summed E-state index contributed by atoms with van der Waals surface area (Å²) in [6.45, 7) is 2.47. The van der Waals surface area contributed by atoms with Crippen molar-refractivity contribution in [1.82, 2.24) is 5.32 Å². The number of ether oxygens (including phenoxy) is 1. The normalized spacial score (nSPS) is 16.4. The number of nitrogens with one attached hydrogen (secondary N) is 1. The SMILES string of the molecule is COC(=O)c1cc(CNC2CCCC2)oc1C. The highest BCUT2D eigenvalue weighted by molar-refractivity contribution is 5.90. The van der Waals surface area contributed by atoms with Gasteiger partial charge in [0.15, 0.2) is 0 Å². The summed E-state index contributed by atoms with van der Waals surface area (Å²) >= 11 is 0. The fourth-order valence-electron chi connectivity index (χ4n) is 2.32. The number of rotatable bonds is 4. The van der Waals surface area contributed by atoms with Crippen molar-refractivity contribution in [3.8, 4) is 0 Å². The van der Waals surface area contributed by atoms with Crippen LogP contribution in [0.15, 0.2) is 10.5 Å². The van der Waals surface area contributed by atoms with Crippen LogP contribution in [0.4, 0.5) is 0 Å². The average Bonchev–Trinajstić information content (AvgIpc) is 2.94. The first-order valence-corrected chi connectivity index (χ1v) is 6.11. The van der Waals surface area contributed by atoms with E-state index in [-0.39, 0.29) is 5.97 Å². The van der Waals surface area contributed by atoms with Gasteiger partial charge >= 0.3 is 5.97 Å². The Bertz CT molecular complexity index is 391.